The Morgan fingerprint density at radius 3 is 2.47 bits per heavy atom. The molecule has 0 unspecified atom stereocenters. The Labute approximate surface area is 113 Å². The second-order valence-electron chi connectivity index (χ2n) is 4.89. The predicted molar refractivity (Wildman–Crippen MR) is 77.7 cm³/mol. The Morgan fingerprint density at radius 2 is 1.95 bits per heavy atom. The maximum absolute atomic E-state index is 11.8. The van der Waals surface area contributed by atoms with Gasteiger partial charge in [0.2, 0.25) is 0 Å². The molecule has 1 heterocycles. The summed E-state index contributed by atoms with van der Waals surface area (Å²) in [5, 5.41) is 7.05. The molecule has 1 aromatic heterocycles. The van der Waals surface area contributed by atoms with Crippen molar-refractivity contribution >= 4 is 5.69 Å². The summed E-state index contributed by atoms with van der Waals surface area (Å²) in [5.74, 6) is 0.518. The summed E-state index contributed by atoms with van der Waals surface area (Å²) in [4.78, 5) is 11.8. The van der Waals surface area contributed by atoms with Gasteiger partial charge >= 0.3 is 0 Å². The molecule has 0 atom stereocenters. The molecule has 19 heavy (non-hydrogen) atoms. The quantitative estimate of drug-likeness (QED) is 0.915. The maximum Gasteiger partial charge on any atom is 0.269 e. The van der Waals surface area contributed by atoms with Crippen LogP contribution in [0.15, 0.2) is 41.3 Å². The Hall–Kier alpha value is -2.10. The molecule has 0 radical (unpaired) electrons. The average molecular weight is 257 g/mol. The molecular formula is C15H19N3O. The van der Waals surface area contributed by atoms with Gasteiger partial charge in [0, 0.05) is 13.1 Å². The summed E-state index contributed by atoms with van der Waals surface area (Å²) < 4.78 is 1.46. The first-order valence-corrected chi connectivity index (χ1v) is 6.44. The maximum atomic E-state index is 11.8. The van der Waals surface area contributed by atoms with Crippen LogP contribution >= 0.6 is 0 Å². The summed E-state index contributed by atoms with van der Waals surface area (Å²) >= 11 is 0. The minimum atomic E-state index is -0.0974. The lowest BCUT2D eigenvalue weighted by molar-refractivity contribution is 0.639. The van der Waals surface area contributed by atoms with Gasteiger partial charge in [-0.05, 0) is 17.0 Å². The smallest absolute Gasteiger partial charge is 0.269 e. The van der Waals surface area contributed by atoms with E-state index in [1.54, 1.807) is 19.3 Å². The van der Waals surface area contributed by atoms with Crippen molar-refractivity contribution in [2.45, 2.75) is 26.3 Å². The number of benzene rings is 1. The highest BCUT2D eigenvalue weighted by Crippen LogP contribution is 2.14. The van der Waals surface area contributed by atoms with Crippen LogP contribution in [0.4, 0.5) is 5.69 Å². The van der Waals surface area contributed by atoms with E-state index < -0.39 is 0 Å². The third-order valence-electron chi connectivity index (χ3n) is 3.14. The van der Waals surface area contributed by atoms with E-state index in [1.807, 2.05) is 0 Å². The first kappa shape index (κ1) is 13.3. The van der Waals surface area contributed by atoms with Gasteiger partial charge in [-0.2, -0.15) is 5.10 Å². The van der Waals surface area contributed by atoms with Gasteiger partial charge in [-0.15, -0.1) is 0 Å². The third kappa shape index (κ3) is 3.22. The molecule has 100 valence electrons. The van der Waals surface area contributed by atoms with Crippen molar-refractivity contribution in [1.82, 2.24) is 9.78 Å². The number of nitrogens with zero attached hydrogens (tertiary/aromatic N) is 2. The van der Waals surface area contributed by atoms with Crippen LogP contribution in [0.2, 0.25) is 0 Å². The minimum Gasteiger partial charge on any atom is -0.387 e. The van der Waals surface area contributed by atoms with Gasteiger partial charge in [-0.25, -0.2) is 4.68 Å². The van der Waals surface area contributed by atoms with Crippen molar-refractivity contribution in [3.63, 3.8) is 0 Å². The van der Waals surface area contributed by atoms with Gasteiger partial charge in [-0.1, -0.05) is 38.1 Å². The molecule has 0 saturated carbocycles. The van der Waals surface area contributed by atoms with Crippen molar-refractivity contribution in [3.8, 4) is 0 Å². The van der Waals surface area contributed by atoms with Crippen LogP contribution < -0.4 is 10.9 Å². The lowest BCUT2D eigenvalue weighted by atomic mass is 10.0. The highest BCUT2D eigenvalue weighted by Gasteiger charge is 2.02. The van der Waals surface area contributed by atoms with Crippen molar-refractivity contribution < 1.29 is 0 Å². The normalized spacial score (nSPS) is 10.7. The van der Waals surface area contributed by atoms with Crippen LogP contribution in [-0.4, -0.2) is 16.8 Å². The van der Waals surface area contributed by atoms with Crippen LogP contribution in [0.5, 0.6) is 0 Å². The predicted octanol–water partition coefficient (Wildman–Crippen LogP) is 2.46. The molecule has 0 aliphatic rings. The molecule has 2 aromatic rings. The summed E-state index contributed by atoms with van der Waals surface area (Å²) in [6.45, 7) is 4.83. The van der Waals surface area contributed by atoms with Gasteiger partial charge in [0.1, 0.15) is 0 Å². The zero-order valence-electron chi connectivity index (χ0n) is 11.6. The van der Waals surface area contributed by atoms with Crippen molar-refractivity contribution in [3.05, 3.63) is 58.0 Å². The van der Waals surface area contributed by atoms with Crippen molar-refractivity contribution in [2.75, 3.05) is 12.4 Å². The van der Waals surface area contributed by atoms with E-state index in [0.717, 1.165) is 11.3 Å². The first-order chi connectivity index (χ1) is 9.10. The molecular weight excluding hydrogens is 238 g/mol. The summed E-state index contributed by atoms with van der Waals surface area (Å²) in [5.41, 5.74) is 3.02. The number of hydrogen-bond acceptors (Lipinski definition) is 3. The van der Waals surface area contributed by atoms with E-state index in [-0.39, 0.29) is 5.56 Å². The van der Waals surface area contributed by atoms with Crippen LogP contribution in [-0.2, 0) is 6.54 Å². The number of rotatable bonds is 4. The largest absolute Gasteiger partial charge is 0.387 e. The zero-order chi connectivity index (χ0) is 13.8. The monoisotopic (exact) mass is 257 g/mol. The van der Waals surface area contributed by atoms with E-state index in [4.69, 9.17) is 0 Å². The molecule has 0 spiro atoms. The van der Waals surface area contributed by atoms with Crippen molar-refractivity contribution in [2.24, 2.45) is 0 Å². The third-order valence-corrected chi connectivity index (χ3v) is 3.14. The fourth-order valence-electron chi connectivity index (χ4n) is 1.87. The highest BCUT2D eigenvalue weighted by molar-refractivity contribution is 5.37. The number of aromatic nitrogens is 2. The van der Waals surface area contributed by atoms with E-state index in [0.29, 0.717) is 12.5 Å². The van der Waals surface area contributed by atoms with Gasteiger partial charge in [0.05, 0.1) is 18.4 Å². The molecule has 0 saturated heterocycles. The zero-order valence-corrected chi connectivity index (χ0v) is 11.6. The van der Waals surface area contributed by atoms with Gasteiger partial charge in [0.25, 0.3) is 5.56 Å². The Kier molecular flexibility index (Phi) is 4.00. The second kappa shape index (κ2) is 5.69. The Balaban J connectivity index is 2.19. The molecule has 0 fully saturated rings. The van der Waals surface area contributed by atoms with E-state index in [9.17, 15) is 4.79 Å². The van der Waals surface area contributed by atoms with Crippen LogP contribution in [0.3, 0.4) is 0 Å². The molecule has 0 aliphatic heterocycles. The van der Waals surface area contributed by atoms with Gasteiger partial charge < -0.3 is 5.32 Å². The molecule has 4 heteroatoms. The lowest BCUT2D eigenvalue weighted by Gasteiger charge is -2.08. The first-order valence-electron chi connectivity index (χ1n) is 6.44. The molecule has 0 amide bonds. The molecule has 2 rings (SSSR count). The van der Waals surface area contributed by atoms with Gasteiger partial charge in [0.15, 0.2) is 0 Å². The standard InChI is InChI=1S/C15H19N3O/c1-11(2)13-6-4-12(5-7-13)10-18-15(19)8-14(16-3)9-17-18/h4-9,11,16H,10H2,1-3H3. The number of hydrogen-bond donors (Lipinski definition) is 1. The van der Waals surface area contributed by atoms with E-state index >= 15 is 0 Å². The average Bonchev–Trinajstić information content (AvgIpc) is 2.41. The SMILES string of the molecule is CNc1cnn(Cc2ccc(C(C)C)cc2)c(=O)c1. The van der Waals surface area contributed by atoms with E-state index in [2.05, 4.69) is 48.5 Å². The fourth-order valence-corrected chi connectivity index (χ4v) is 1.87. The van der Waals surface area contributed by atoms with E-state index in [1.165, 1.54) is 10.2 Å². The molecule has 0 bridgehead atoms. The highest BCUT2D eigenvalue weighted by atomic mass is 16.1. The van der Waals surface area contributed by atoms with Crippen LogP contribution in [0.1, 0.15) is 30.9 Å². The molecule has 4 nitrogen and oxygen atoms in total. The number of nitrogens with one attached hydrogen (secondary N) is 1. The Morgan fingerprint density at radius 1 is 1.26 bits per heavy atom. The van der Waals surface area contributed by atoms with Crippen LogP contribution in [0.25, 0.3) is 0 Å². The number of anilines is 1. The van der Waals surface area contributed by atoms with Gasteiger partial charge in [-0.3, -0.25) is 4.79 Å². The second-order valence-corrected chi connectivity index (χ2v) is 4.89. The summed E-state index contributed by atoms with van der Waals surface area (Å²) in [6, 6.07) is 9.86. The summed E-state index contributed by atoms with van der Waals surface area (Å²) in [7, 11) is 1.77. The lowest BCUT2D eigenvalue weighted by Crippen LogP contribution is -2.22. The molecule has 0 aliphatic carbocycles. The molecule has 1 N–H and O–H groups in total. The fraction of sp³-hybridized carbons (Fsp3) is 0.333. The van der Waals surface area contributed by atoms with Crippen LogP contribution in [0, 0.1) is 0 Å². The minimum absolute atomic E-state index is 0.0974. The summed E-state index contributed by atoms with van der Waals surface area (Å²) in [6.07, 6.45) is 1.66. The molecule has 1 aromatic carbocycles. The van der Waals surface area contributed by atoms with Crippen molar-refractivity contribution in [1.29, 1.82) is 0 Å². The topological polar surface area (TPSA) is 46.9 Å². The Bertz CT molecular complexity index is 600.